The maximum atomic E-state index is 13.0. The summed E-state index contributed by atoms with van der Waals surface area (Å²) < 4.78 is 27.4. The van der Waals surface area contributed by atoms with E-state index >= 15 is 0 Å². The summed E-state index contributed by atoms with van der Waals surface area (Å²) in [7, 11) is 0. The molecule has 0 saturated carbocycles. The van der Waals surface area contributed by atoms with Gasteiger partial charge >= 0.3 is 0 Å². The van der Waals surface area contributed by atoms with Crippen LogP contribution in [-0.4, -0.2) is 9.78 Å². The molecular weight excluding hydrogens is 314 g/mol. The van der Waals surface area contributed by atoms with Gasteiger partial charge in [0, 0.05) is 17.4 Å². The average Bonchev–Trinajstić information content (AvgIpc) is 2.83. The number of aromatic nitrogens is 2. The van der Waals surface area contributed by atoms with E-state index in [4.69, 9.17) is 0 Å². The number of alkyl halides is 3. The van der Waals surface area contributed by atoms with E-state index in [1.165, 1.54) is 16.4 Å². The first-order chi connectivity index (χ1) is 9.22. The minimum atomic E-state index is -2.48. The van der Waals surface area contributed by atoms with E-state index in [1.807, 2.05) is 30.3 Å². The Labute approximate surface area is 119 Å². The van der Waals surface area contributed by atoms with Crippen molar-refractivity contribution in [1.82, 2.24) is 9.78 Å². The SMILES string of the molecule is FC(F)c1c(CBr)cnn1CCCc1ccccc1. The van der Waals surface area contributed by atoms with Crippen molar-refractivity contribution in [2.75, 3.05) is 0 Å². The van der Waals surface area contributed by atoms with Crippen LogP contribution < -0.4 is 0 Å². The molecule has 0 saturated heterocycles. The average molecular weight is 329 g/mol. The first-order valence-corrected chi connectivity index (χ1v) is 7.27. The van der Waals surface area contributed by atoms with Crippen molar-refractivity contribution in [3.05, 3.63) is 53.3 Å². The summed E-state index contributed by atoms with van der Waals surface area (Å²) in [6, 6.07) is 10.0. The third kappa shape index (κ3) is 3.62. The fraction of sp³-hybridized carbons (Fsp3) is 0.357. The second-order valence-electron chi connectivity index (χ2n) is 4.30. The molecule has 1 heterocycles. The van der Waals surface area contributed by atoms with Gasteiger partial charge in [-0.25, -0.2) is 8.78 Å². The lowest BCUT2D eigenvalue weighted by atomic mass is 10.1. The zero-order valence-electron chi connectivity index (χ0n) is 10.4. The number of aryl methyl sites for hydroxylation is 2. The Morgan fingerprint density at radius 3 is 2.58 bits per heavy atom. The minimum Gasteiger partial charge on any atom is -0.263 e. The molecule has 102 valence electrons. The van der Waals surface area contributed by atoms with Gasteiger partial charge in [-0.15, -0.1) is 0 Å². The Hall–Kier alpha value is -1.23. The van der Waals surface area contributed by atoms with Crippen molar-refractivity contribution >= 4 is 15.9 Å². The first kappa shape index (κ1) is 14.2. The van der Waals surface area contributed by atoms with Gasteiger partial charge in [0.25, 0.3) is 6.43 Å². The Balaban J connectivity index is 1.98. The fourth-order valence-electron chi connectivity index (χ4n) is 2.05. The van der Waals surface area contributed by atoms with Gasteiger partial charge in [-0.05, 0) is 18.4 Å². The third-order valence-corrected chi connectivity index (χ3v) is 3.59. The molecule has 0 radical (unpaired) electrons. The highest BCUT2D eigenvalue weighted by molar-refractivity contribution is 9.08. The van der Waals surface area contributed by atoms with E-state index in [9.17, 15) is 8.78 Å². The number of hydrogen-bond donors (Lipinski definition) is 0. The van der Waals surface area contributed by atoms with Gasteiger partial charge in [0.05, 0.1) is 6.20 Å². The van der Waals surface area contributed by atoms with Crippen LogP contribution in [0.3, 0.4) is 0 Å². The molecule has 0 N–H and O–H groups in total. The molecule has 0 atom stereocenters. The molecule has 0 aliphatic carbocycles. The summed E-state index contributed by atoms with van der Waals surface area (Å²) in [5.74, 6) is 0. The van der Waals surface area contributed by atoms with Crippen LogP contribution in [0.5, 0.6) is 0 Å². The number of halogens is 3. The molecule has 0 spiro atoms. The molecule has 0 unspecified atom stereocenters. The monoisotopic (exact) mass is 328 g/mol. The third-order valence-electron chi connectivity index (χ3n) is 2.99. The van der Waals surface area contributed by atoms with Crippen molar-refractivity contribution < 1.29 is 8.78 Å². The molecule has 2 aromatic rings. The number of nitrogens with zero attached hydrogens (tertiary/aromatic N) is 2. The highest BCUT2D eigenvalue weighted by atomic mass is 79.9. The fourth-order valence-corrected chi connectivity index (χ4v) is 2.48. The van der Waals surface area contributed by atoms with E-state index in [2.05, 4.69) is 21.0 Å². The van der Waals surface area contributed by atoms with Crippen molar-refractivity contribution in [3.8, 4) is 0 Å². The molecule has 0 aliphatic rings. The lowest BCUT2D eigenvalue weighted by Gasteiger charge is -2.08. The van der Waals surface area contributed by atoms with Gasteiger partial charge in [-0.3, -0.25) is 4.68 Å². The van der Waals surface area contributed by atoms with Crippen LogP contribution in [-0.2, 0) is 18.3 Å². The first-order valence-electron chi connectivity index (χ1n) is 6.15. The van der Waals surface area contributed by atoms with Crippen LogP contribution in [0.25, 0.3) is 0 Å². The van der Waals surface area contributed by atoms with Gasteiger partial charge < -0.3 is 0 Å². The van der Waals surface area contributed by atoms with E-state index < -0.39 is 6.43 Å². The van der Waals surface area contributed by atoms with Crippen LogP contribution in [0.1, 0.15) is 29.7 Å². The molecule has 0 bridgehead atoms. The van der Waals surface area contributed by atoms with Gasteiger partial charge in [0.2, 0.25) is 0 Å². The standard InChI is InChI=1S/C14H15BrF2N2/c15-9-12-10-18-19(13(12)14(16)17)8-4-7-11-5-2-1-3-6-11/h1-3,5-6,10,14H,4,7-9H2. The Morgan fingerprint density at radius 2 is 1.95 bits per heavy atom. The maximum absolute atomic E-state index is 13.0. The highest BCUT2D eigenvalue weighted by Crippen LogP contribution is 2.24. The Bertz CT molecular complexity index is 511. The lowest BCUT2D eigenvalue weighted by Crippen LogP contribution is -2.07. The van der Waals surface area contributed by atoms with E-state index in [0.717, 1.165) is 12.8 Å². The van der Waals surface area contributed by atoms with E-state index in [0.29, 0.717) is 17.4 Å². The van der Waals surface area contributed by atoms with Crippen molar-refractivity contribution in [2.45, 2.75) is 31.1 Å². The Kier molecular flexibility index (Phi) is 5.07. The molecule has 5 heteroatoms. The zero-order chi connectivity index (χ0) is 13.7. The zero-order valence-corrected chi connectivity index (χ0v) is 12.0. The summed E-state index contributed by atoms with van der Waals surface area (Å²) in [4.78, 5) is 0. The van der Waals surface area contributed by atoms with Crippen LogP contribution in [0.4, 0.5) is 8.78 Å². The molecule has 2 nitrogen and oxygen atoms in total. The molecule has 0 amide bonds. The summed E-state index contributed by atoms with van der Waals surface area (Å²) in [5, 5.41) is 4.45. The van der Waals surface area contributed by atoms with Gasteiger partial charge in [-0.1, -0.05) is 46.3 Å². The minimum absolute atomic E-state index is 0.0323. The number of hydrogen-bond acceptors (Lipinski definition) is 1. The van der Waals surface area contributed by atoms with E-state index in [-0.39, 0.29) is 5.69 Å². The predicted octanol–water partition coefficient (Wildman–Crippen LogP) is 4.35. The molecule has 19 heavy (non-hydrogen) atoms. The maximum Gasteiger partial charge on any atom is 0.280 e. The van der Waals surface area contributed by atoms with Gasteiger partial charge in [0.1, 0.15) is 5.69 Å². The van der Waals surface area contributed by atoms with Crippen LogP contribution in [0.15, 0.2) is 36.5 Å². The number of rotatable bonds is 6. The topological polar surface area (TPSA) is 17.8 Å². The van der Waals surface area contributed by atoms with Crippen LogP contribution in [0, 0.1) is 0 Å². The van der Waals surface area contributed by atoms with Crippen LogP contribution in [0.2, 0.25) is 0 Å². The molecular formula is C14H15BrF2N2. The molecule has 0 fully saturated rings. The molecule has 1 aromatic carbocycles. The summed E-state index contributed by atoms with van der Waals surface area (Å²) in [5.41, 5.74) is 1.81. The summed E-state index contributed by atoms with van der Waals surface area (Å²) >= 11 is 3.21. The molecule has 0 aliphatic heterocycles. The summed E-state index contributed by atoms with van der Waals surface area (Å²) in [6.07, 6.45) is 0.700. The van der Waals surface area contributed by atoms with Crippen LogP contribution >= 0.6 is 15.9 Å². The molecule has 1 aromatic heterocycles. The van der Waals surface area contributed by atoms with E-state index in [1.54, 1.807) is 0 Å². The van der Waals surface area contributed by atoms with Crippen molar-refractivity contribution in [2.24, 2.45) is 0 Å². The molecule has 2 rings (SSSR count). The normalized spacial score (nSPS) is 11.2. The number of benzene rings is 1. The lowest BCUT2D eigenvalue weighted by molar-refractivity contribution is 0.138. The summed E-state index contributed by atoms with van der Waals surface area (Å²) in [6.45, 7) is 0.515. The highest BCUT2D eigenvalue weighted by Gasteiger charge is 2.18. The van der Waals surface area contributed by atoms with Gasteiger partial charge in [0.15, 0.2) is 0 Å². The van der Waals surface area contributed by atoms with Crippen molar-refractivity contribution in [1.29, 1.82) is 0 Å². The van der Waals surface area contributed by atoms with Crippen molar-refractivity contribution in [3.63, 3.8) is 0 Å². The second-order valence-corrected chi connectivity index (χ2v) is 4.86. The largest absolute Gasteiger partial charge is 0.280 e. The smallest absolute Gasteiger partial charge is 0.263 e. The predicted molar refractivity (Wildman–Crippen MR) is 74.6 cm³/mol. The second kappa shape index (κ2) is 6.80. The Morgan fingerprint density at radius 1 is 1.21 bits per heavy atom. The quantitative estimate of drug-likeness (QED) is 0.721. The van der Waals surface area contributed by atoms with Gasteiger partial charge in [-0.2, -0.15) is 5.10 Å².